The summed E-state index contributed by atoms with van der Waals surface area (Å²) in [5, 5.41) is 7.64. The average Bonchev–Trinajstić information content (AvgIpc) is 2.63. The second-order valence-corrected chi connectivity index (χ2v) is 6.77. The van der Waals surface area contributed by atoms with E-state index in [4.69, 9.17) is 0 Å². The van der Waals surface area contributed by atoms with Crippen LogP contribution in [0.3, 0.4) is 0 Å². The lowest BCUT2D eigenvalue weighted by molar-refractivity contribution is 0.102. The molecule has 3 rings (SSSR count). The van der Waals surface area contributed by atoms with Crippen molar-refractivity contribution in [2.24, 2.45) is 0 Å². The highest BCUT2D eigenvalue weighted by Gasteiger charge is 2.18. The van der Waals surface area contributed by atoms with E-state index in [-0.39, 0.29) is 16.9 Å². The minimum atomic E-state index is -0.562. The first kappa shape index (κ1) is 18.3. The Morgan fingerprint density at radius 1 is 1.23 bits per heavy atom. The van der Waals surface area contributed by atoms with Gasteiger partial charge in [0.1, 0.15) is 5.82 Å². The van der Waals surface area contributed by atoms with Crippen LogP contribution in [0.5, 0.6) is 0 Å². The van der Waals surface area contributed by atoms with Crippen molar-refractivity contribution < 1.29 is 9.18 Å². The Morgan fingerprint density at radius 2 is 1.96 bits per heavy atom. The number of hydrogen-bond acceptors (Lipinski definition) is 3. The van der Waals surface area contributed by atoms with Crippen LogP contribution in [0, 0.1) is 5.82 Å². The molecule has 1 N–H and O–H groups in total. The molecule has 26 heavy (non-hydrogen) atoms. The SMILES string of the molecule is CCCCn1nc(C(=O)Nc2ccc(Br)cc2F)c2ccccc2c1=O. The zero-order valence-electron chi connectivity index (χ0n) is 14.1. The molecule has 2 aromatic carbocycles. The van der Waals surface area contributed by atoms with Gasteiger partial charge in [0.25, 0.3) is 11.5 Å². The van der Waals surface area contributed by atoms with E-state index in [1.165, 1.54) is 16.8 Å². The van der Waals surface area contributed by atoms with E-state index in [2.05, 4.69) is 26.3 Å². The zero-order chi connectivity index (χ0) is 18.7. The molecule has 0 saturated carbocycles. The number of hydrogen-bond donors (Lipinski definition) is 1. The molecule has 0 unspecified atom stereocenters. The second kappa shape index (κ2) is 7.78. The number of unbranched alkanes of at least 4 members (excludes halogenated alkanes) is 1. The summed E-state index contributed by atoms with van der Waals surface area (Å²) in [6.07, 6.45) is 1.67. The standard InChI is InChI=1S/C19H17BrFN3O2/c1-2-3-10-24-19(26)14-7-5-4-6-13(14)17(23-24)18(25)22-16-9-8-12(20)11-15(16)21/h4-9,11H,2-3,10H2,1H3,(H,22,25). The minimum Gasteiger partial charge on any atom is -0.318 e. The van der Waals surface area contributed by atoms with Gasteiger partial charge in [-0.15, -0.1) is 0 Å². The highest BCUT2D eigenvalue weighted by molar-refractivity contribution is 9.10. The Bertz CT molecular complexity index is 1030. The van der Waals surface area contributed by atoms with Crippen molar-refractivity contribution in [3.05, 3.63) is 68.8 Å². The van der Waals surface area contributed by atoms with E-state index in [9.17, 15) is 14.0 Å². The maximum Gasteiger partial charge on any atom is 0.276 e. The Hall–Kier alpha value is -2.54. The van der Waals surface area contributed by atoms with Crippen molar-refractivity contribution in [3.63, 3.8) is 0 Å². The number of halogens is 2. The van der Waals surface area contributed by atoms with Crippen LogP contribution in [-0.2, 0) is 6.54 Å². The zero-order valence-corrected chi connectivity index (χ0v) is 15.7. The van der Waals surface area contributed by atoms with Gasteiger partial charge in [0.15, 0.2) is 5.69 Å². The van der Waals surface area contributed by atoms with Crippen LogP contribution in [0.2, 0.25) is 0 Å². The Labute approximate surface area is 158 Å². The van der Waals surface area contributed by atoms with Gasteiger partial charge in [0.2, 0.25) is 0 Å². The predicted molar refractivity (Wildman–Crippen MR) is 103 cm³/mol. The number of amides is 1. The summed E-state index contributed by atoms with van der Waals surface area (Å²) in [6.45, 7) is 2.43. The first-order chi connectivity index (χ1) is 12.5. The molecule has 0 radical (unpaired) electrons. The normalized spacial score (nSPS) is 10.9. The van der Waals surface area contributed by atoms with E-state index in [0.29, 0.717) is 21.8 Å². The lowest BCUT2D eigenvalue weighted by Crippen LogP contribution is -2.27. The second-order valence-electron chi connectivity index (χ2n) is 5.85. The third kappa shape index (κ3) is 3.67. The Morgan fingerprint density at radius 3 is 2.65 bits per heavy atom. The topological polar surface area (TPSA) is 64.0 Å². The highest BCUT2D eigenvalue weighted by Crippen LogP contribution is 2.21. The number of aromatic nitrogens is 2. The molecule has 0 fully saturated rings. The van der Waals surface area contributed by atoms with Crippen LogP contribution < -0.4 is 10.9 Å². The van der Waals surface area contributed by atoms with Gasteiger partial charge >= 0.3 is 0 Å². The van der Waals surface area contributed by atoms with Gasteiger partial charge in [-0.3, -0.25) is 9.59 Å². The van der Waals surface area contributed by atoms with Crippen LogP contribution in [0.1, 0.15) is 30.3 Å². The van der Waals surface area contributed by atoms with Gasteiger partial charge in [-0.05, 0) is 30.7 Å². The van der Waals surface area contributed by atoms with Crippen molar-refractivity contribution >= 4 is 38.3 Å². The molecule has 1 heterocycles. The number of nitrogens with zero attached hydrogens (tertiary/aromatic N) is 2. The number of carbonyl (C=O) groups excluding carboxylic acids is 1. The van der Waals surface area contributed by atoms with Gasteiger partial charge in [-0.1, -0.05) is 47.5 Å². The first-order valence-electron chi connectivity index (χ1n) is 8.27. The van der Waals surface area contributed by atoms with E-state index in [1.807, 2.05) is 6.92 Å². The maximum atomic E-state index is 14.0. The monoisotopic (exact) mass is 417 g/mol. The predicted octanol–water partition coefficient (Wildman–Crippen LogP) is 4.35. The van der Waals surface area contributed by atoms with Crippen LogP contribution in [-0.4, -0.2) is 15.7 Å². The Balaban J connectivity index is 2.06. The van der Waals surface area contributed by atoms with Gasteiger partial charge < -0.3 is 5.32 Å². The minimum absolute atomic E-state index is 0.0513. The number of fused-ring (bicyclic) bond motifs is 1. The van der Waals surface area contributed by atoms with Crippen molar-refractivity contribution in [2.45, 2.75) is 26.3 Å². The van der Waals surface area contributed by atoms with Crippen molar-refractivity contribution in [3.8, 4) is 0 Å². The molecule has 0 atom stereocenters. The van der Waals surface area contributed by atoms with Gasteiger partial charge in [0, 0.05) is 16.4 Å². The molecule has 0 saturated heterocycles. The van der Waals surface area contributed by atoms with E-state index in [0.717, 1.165) is 12.8 Å². The summed E-state index contributed by atoms with van der Waals surface area (Å²) < 4.78 is 15.9. The summed E-state index contributed by atoms with van der Waals surface area (Å²) in [5.74, 6) is -1.12. The molecule has 7 heteroatoms. The van der Waals surface area contributed by atoms with Gasteiger partial charge in [-0.25, -0.2) is 9.07 Å². The lowest BCUT2D eigenvalue weighted by atomic mass is 10.1. The summed E-state index contributed by atoms with van der Waals surface area (Å²) in [4.78, 5) is 25.3. The van der Waals surface area contributed by atoms with Crippen molar-refractivity contribution in [2.75, 3.05) is 5.32 Å². The van der Waals surface area contributed by atoms with Crippen LogP contribution in [0.25, 0.3) is 10.8 Å². The molecule has 5 nitrogen and oxygen atoms in total. The number of nitrogens with one attached hydrogen (secondary N) is 1. The van der Waals surface area contributed by atoms with Gasteiger partial charge in [0.05, 0.1) is 11.1 Å². The molecule has 1 aromatic heterocycles. The number of aryl methyl sites for hydroxylation is 1. The third-order valence-electron chi connectivity index (χ3n) is 3.99. The molecule has 1 amide bonds. The fraction of sp³-hybridized carbons (Fsp3) is 0.211. The number of benzene rings is 2. The average molecular weight is 418 g/mol. The molecular weight excluding hydrogens is 401 g/mol. The lowest BCUT2D eigenvalue weighted by Gasteiger charge is -2.11. The van der Waals surface area contributed by atoms with Gasteiger partial charge in [-0.2, -0.15) is 5.10 Å². The molecular formula is C19H17BrFN3O2. The number of rotatable bonds is 5. The summed E-state index contributed by atoms with van der Waals surface area (Å²) in [6, 6.07) is 11.2. The summed E-state index contributed by atoms with van der Waals surface area (Å²) >= 11 is 3.18. The molecule has 3 aromatic rings. The quantitative estimate of drug-likeness (QED) is 0.670. The summed E-state index contributed by atoms with van der Waals surface area (Å²) in [5.41, 5.74) is -0.0885. The molecule has 0 aliphatic heterocycles. The fourth-order valence-electron chi connectivity index (χ4n) is 2.63. The van der Waals surface area contributed by atoms with E-state index >= 15 is 0 Å². The molecule has 0 aliphatic rings. The number of anilines is 1. The molecule has 134 valence electrons. The number of carbonyl (C=O) groups is 1. The Kier molecular flexibility index (Phi) is 5.46. The maximum absolute atomic E-state index is 14.0. The van der Waals surface area contributed by atoms with Crippen molar-refractivity contribution in [1.82, 2.24) is 9.78 Å². The highest BCUT2D eigenvalue weighted by atomic mass is 79.9. The molecule has 0 bridgehead atoms. The largest absolute Gasteiger partial charge is 0.318 e. The van der Waals surface area contributed by atoms with E-state index < -0.39 is 11.7 Å². The smallest absolute Gasteiger partial charge is 0.276 e. The van der Waals surface area contributed by atoms with E-state index in [1.54, 1.807) is 30.3 Å². The molecule has 0 spiro atoms. The van der Waals surface area contributed by atoms with Crippen LogP contribution >= 0.6 is 15.9 Å². The van der Waals surface area contributed by atoms with Crippen LogP contribution in [0.15, 0.2) is 51.7 Å². The fourth-order valence-corrected chi connectivity index (χ4v) is 2.97. The third-order valence-corrected chi connectivity index (χ3v) is 4.48. The van der Waals surface area contributed by atoms with Crippen molar-refractivity contribution in [1.29, 1.82) is 0 Å². The first-order valence-corrected chi connectivity index (χ1v) is 9.07. The summed E-state index contributed by atoms with van der Waals surface area (Å²) in [7, 11) is 0. The van der Waals surface area contributed by atoms with Crippen LogP contribution in [0.4, 0.5) is 10.1 Å². The molecule has 0 aliphatic carbocycles.